The van der Waals surface area contributed by atoms with Gasteiger partial charge in [0.2, 0.25) is 0 Å². The lowest BCUT2D eigenvalue weighted by Crippen LogP contribution is -1.90. The molecule has 0 heterocycles. The number of rotatable bonds is 2. The second kappa shape index (κ2) is 4.43. The molecule has 1 aromatic rings. The molecular formula is C12H11NO2. The summed E-state index contributed by atoms with van der Waals surface area (Å²) in [6.07, 6.45) is 2.54. The molecule has 0 unspecified atom stereocenters. The van der Waals surface area contributed by atoms with Gasteiger partial charge in [-0.05, 0) is 42.7 Å². The fourth-order valence-electron chi connectivity index (χ4n) is 1.27. The van der Waals surface area contributed by atoms with E-state index >= 15 is 0 Å². The first kappa shape index (κ1) is 11.0. The second-order valence-electron chi connectivity index (χ2n) is 3.29. The molecule has 0 aliphatic heterocycles. The Labute approximate surface area is 88.3 Å². The normalized spacial score (nSPS) is 10.2. The lowest BCUT2D eigenvalue weighted by Gasteiger charge is -2.03. The van der Waals surface area contributed by atoms with Gasteiger partial charge in [0.05, 0.1) is 11.6 Å². The molecule has 0 aromatic heterocycles. The Balaban J connectivity index is 3.18. The summed E-state index contributed by atoms with van der Waals surface area (Å²) < 4.78 is 0. The van der Waals surface area contributed by atoms with Crippen LogP contribution >= 0.6 is 0 Å². The molecule has 0 aliphatic rings. The van der Waals surface area contributed by atoms with Gasteiger partial charge < -0.3 is 5.11 Å². The zero-order chi connectivity index (χ0) is 11.4. The average molecular weight is 201 g/mol. The van der Waals surface area contributed by atoms with Crippen molar-refractivity contribution in [1.82, 2.24) is 0 Å². The van der Waals surface area contributed by atoms with Crippen molar-refractivity contribution in [2.75, 3.05) is 0 Å². The van der Waals surface area contributed by atoms with E-state index in [9.17, 15) is 4.79 Å². The Morgan fingerprint density at radius 1 is 1.47 bits per heavy atom. The zero-order valence-electron chi connectivity index (χ0n) is 8.61. The van der Waals surface area contributed by atoms with Crippen molar-refractivity contribution in [2.24, 2.45) is 0 Å². The molecule has 0 amide bonds. The number of nitriles is 1. The lowest BCUT2D eigenvalue weighted by atomic mass is 10.0. The number of carboxylic acid groups (broad SMARTS) is 1. The van der Waals surface area contributed by atoms with E-state index in [4.69, 9.17) is 10.4 Å². The van der Waals surface area contributed by atoms with Gasteiger partial charge in [-0.15, -0.1) is 0 Å². The zero-order valence-corrected chi connectivity index (χ0v) is 8.61. The van der Waals surface area contributed by atoms with Gasteiger partial charge in [-0.1, -0.05) is 6.07 Å². The van der Waals surface area contributed by atoms with Gasteiger partial charge in [0, 0.05) is 6.08 Å². The maximum Gasteiger partial charge on any atom is 0.328 e. The molecular weight excluding hydrogens is 190 g/mol. The number of hydrogen-bond acceptors (Lipinski definition) is 2. The fourth-order valence-corrected chi connectivity index (χ4v) is 1.27. The standard InChI is InChI=1S/C12H11NO2/c1-8-5-10(3-4-12(14)15)6-11(7-13)9(8)2/h3-6H,1-2H3,(H,14,15)/b4-3+. The number of carbonyl (C=O) groups is 1. The fraction of sp³-hybridized carbons (Fsp3) is 0.167. The van der Waals surface area contributed by atoms with E-state index in [0.717, 1.165) is 22.8 Å². The van der Waals surface area contributed by atoms with Crippen LogP contribution in [0.2, 0.25) is 0 Å². The first-order chi connectivity index (χ1) is 7.04. The van der Waals surface area contributed by atoms with E-state index in [1.54, 1.807) is 6.07 Å². The number of nitrogens with zero attached hydrogens (tertiary/aromatic N) is 1. The summed E-state index contributed by atoms with van der Waals surface area (Å²) in [5, 5.41) is 17.3. The van der Waals surface area contributed by atoms with Crippen LogP contribution in [0.25, 0.3) is 6.08 Å². The highest BCUT2D eigenvalue weighted by Gasteiger charge is 2.02. The summed E-state index contributed by atoms with van der Waals surface area (Å²) in [5.74, 6) is -0.994. The molecule has 76 valence electrons. The van der Waals surface area contributed by atoms with E-state index in [1.807, 2.05) is 19.9 Å². The summed E-state index contributed by atoms with van der Waals surface area (Å²) in [7, 11) is 0. The van der Waals surface area contributed by atoms with Crippen LogP contribution in [-0.2, 0) is 4.79 Å². The quantitative estimate of drug-likeness (QED) is 0.746. The first-order valence-electron chi connectivity index (χ1n) is 4.47. The highest BCUT2D eigenvalue weighted by atomic mass is 16.4. The second-order valence-corrected chi connectivity index (χ2v) is 3.29. The Morgan fingerprint density at radius 3 is 2.67 bits per heavy atom. The van der Waals surface area contributed by atoms with Gasteiger partial charge in [-0.2, -0.15) is 5.26 Å². The van der Waals surface area contributed by atoms with Crippen molar-refractivity contribution in [3.8, 4) is 6.07 Å². The van der Waals surface area contributed by atoms with Crippen molar-refractivity contribution in [1.29, 1.82) is 5.26 Å². The molecule has 0 atom stereocenters. The Morgan fingerprint density at radius 2 is 2.13 bits per heavy atom. The number of hydrogen-bond donors (Lipinski definition) is 1. The van der Waals surface area contributed by atoms with E-state index in [1.165, 1.54) is 6.08 Å². The maximum absolute atomic E-state index is 10.3. The molecule has 0 fully saturated rings. The molecule has 15 heavy (non-hydrogen) atoms. The van der Waals surface area contributed by atoms with Gasteiger partial charge in [0.25, 0.3) is 0 Å². The van der Waals surface area contributed by atoms with Crippen LogP contribution in [0.3, 0.4) is 0 Å². The van der Waals surface area contributed by atoms with Crippen molar-refractivity contribution in [3.05, 3.63) is 40.5 Å². The molecule has 0 aliphatic carbocycles. The molecule has 1 N–H and O–H groups in total. The summed E-state index contributed by atoms with van der Waals surface area (Å²) in [4.78, 5) is 10.3. The van der Waals surface area contributed by atoms with Crippen LogP contribution in [0.15, 0.2) is 18.2 Å². The van der Waals surface area contributed by atoms with Gasteiger partial charge >= 0.3 is 5.97 Å². The van der Waals surface area contributed by atoms with Crippen LogP contribution in [0.5, 0.6) is 0 Å². The molecule has 3 nitrogen and oxygen atoms in total. The smallest absolute Gasteiger partial charge is 0.328 e. The number of benzene rings is 1. The summed E-state index contributed by atoms with van der Waals surface area (Å²) in [6, 6.07) is 5.62. The molecule has 0 bridgehead atoms. The van der Waals surface area contributed by atoms with Crippen molar-refractivity contribution in [3.63, 3.8) is 0 Å². The lowest BCUT2D eigenvalue weighted by molar-refractivity contribution is -0.131. The summed E-state index contributed by atoms with van der Waals surface area (Å²) >= 11 is 0. The highest BCUT2D eigenvalue weighted by Crippen LogP contribution is 2.16. The van der Waals surface area contributed by atoms with E-state index in [0.29, 0.717) is 5.56 Å². The monoisotopic (exact) mass is 201 g/mol. The third kappa shape index (κ3) is 2.68. The molecule has 0 saturated heterocycles. The Bertz CT molecular complexity index is 467. The Hall–Kier alpha value is -2.08. The molecule has 1 rings (SSSR count). The predicted octanol–water partition coefficient (Wildman–Crippen LogP) is 2.27. The topological polar surface area (TPSA) is 61.1 Å². The summed E-state index contributed by atoms with van der Waals surface area (Å²) in [5.41, 5.74) is 3.24. The SMILES string of the molecule is Cc1cc(/C=C/C(=O)O)cc(C#N)c1C. The Kier molecular flexibility index (Phi) is 3.25. The average Bonchev–Trinajstić information content (AvgIpc) is 2.19. The number of aliphatic carboxylic acids is 1. The largest absolute Gasteiger partial charge is 0.478 e. The van der Waals surface area contributed by atoms with Gasteiger partial charge in [-0.25, -0.2) is 4.79 Å². The van der Waals surface area contributed by atoms with Crippen LogP contribution < -0.4 is 0 Å². The van der Waals surface area contributed by atoms with Crippen LogP contribution in [-0.4, -0.2) is 11.1 Å². The summed E-state index contributed by atoms with van der Waals surface area (Å²) in [6.45, 7) is 3.77. The number of carboxylic acids is 1. The molecule has 0 saturated carbocycles. The van der Waals surface area contributed by atoms with Gasteiger partial charge in [-0.3, -0.25) is 0 Å². The minimum atomic E-state index is -0.994. The van der Waals surface area contributed by atoms with E-state index < -0.39 is 5.97 Å². The van der Waals surface area contributed by atoms with Gasteiger partial charge in [0.15, 0.2) is 0 Å². The third-order valence-corrected chi connectivity index (χ3v) is 2.23. The molecule has 0 radical (unpaired) electrons. The minimum absolute atomic E-state index is 0.583. The first-order valence-corrected chi connectivity index (χ1v) is 4.47. The van der Waals surface area contributed by atoms with Crippen LogP contribution in [0.1, 0.15) is 22.3 Å². The van der Waals surface area contributed by atoms with Crippen molar-refractivity contribution in [2.45, 2.75) is 13.8 Å². The number of aryl methyl sites for hydroxylation is 1. The maximum atomic E-state index is 10.3. The van der Waals surface area contributed by atoms with Crippen molar-refractivity contribution >= 4 is 12.0 Å². The predicted molar refractivity (Wildman–Crippen MR) is 57.3 cm³/mol. The molecule has 0 spiro atoms. The van der Waals surface area contributed by atoms with E-state index in [-0.39, 0.29) is 0 Å². The van der Waals surface area contributed by atoms with Crippen LogP contribution in [0.4, 0.5) is 0 Å². The highest BCUT2D eigenvalue weighted by molar-refractivity contribution is 5.85. The van der Waals surface area contributed by atoms with Crippen LogP contribution in [0, 0.1) is 25.2 Å². The molecule has 3 heteroatoms. The van der Waals surface area contributed by atoms with Gasteiger partial charge in [0.1, 0.15) is 0 Å². The molecule has 1 aromatic carbocycles. The van der Waals surface area contributed by atoms with Crippen molar-refractivity contribution < 1.29 is 9.90 Å². The third-order valence-electron chi connectivity index (χ3n) is 2.23. The van der Waals surface area contributed by atoms with E-state index in [2.05, 4.69) is 6.07 Å². The minimum Gasteiger partial charge on any atom is -0.478 e.